The lowest BCUT2D eigenvalue weighted by Crippen LogP contribution is -2.43. The third-order valence-electron chi connectivity index (χ3n) is 4.91. The van der Waals surface area contributed by atoms with Crippen LogP contribution in [0.15, 0.2) is 18.2 Å². The zero-order valence-electron chi connectivity index (χ0n) is 14.6. The van der Waals surface area contributed by atoms with E-state index >= 15 is 0 Å². The van der Waals surface area contributed by atoms with E-state index in [2.05, 4.69) is 5.32 Å². The number of ether oxygens (including phenoxy) is 3. The molecule has 3 heterocycles. The van der Waals surface area contributed by atoms with E-state index in [9.17, 15) is 9.59 Å². The van der Waals surface area contributed by atoms with E-state index in [0.29, 0.717) is 45.1 Å². The van der Waals surface area contributed by atoms with Crippen LogP contribution in [0.1, 0.15) is 18.4 Å². The fraction of sp³-hybridized carbons (Fsp3) is 0.556. The van der Waals surface area contributed by atoms with Crippen molar-refractivity contribution in [3.05, 3.63) is 23.8 Å². The van der Waals surface area contributed by atoms with E-state index < -0.39 is 0 Å². The zero-order chi connectivity index (χ0) is 17.9. The normalized spacial score (nSPS) is 21.2. The number of carbonyl (C=O) groups excluding carboxylic acids is 2. The minimum atomic E-state index is -0.378. The van der Waals surface area contributed by atoms with Crippen molar-refractivity contribution in [1.82, 2.24) is 15.1 Å². The molecule has 26 heavy (non-hydrogen) atoms. The average molecular weight is 361 g/mol. The van der Waals surface area contributed by atoms with Crippen LogP contribution >= 0.6 is 0 Å². The van der Waals surface area contributed by atoms with Crippen LogP contribution in [-0.4, -0.2) is 67.4 Å². The third kappa shape index (κ3) is 3.55. The molecule has 0 saturated carbocycles. The van der Waals surface area contributed by atoms with Gasteiger partial charge in [-0.15, -0.1) is 0 Å². The molecule has 0 aromatic heterocycles. The van der Waals surface area contributed by atoms with Gasteiger partial charge in [-0.2, -0.15) is 0 Å². The number of rotatable bonds is 6. The smallest absolute Gasteiger partial charge is 0.317 e. The lowest BCUT2D eigenvalue weighted by atomic mass is 10.1. The molecule has 1 aromatic rings. The van der Waals surface area contributed by atoms with Crippen molar-refractivity contribution in [3.8, 4) is 11.5 Å². The highest BCUT2D eigenvalue weighted by molar-refractivity contribution is 5.81. The number of nitrogens with one attached hydrogen (secondary N) is 1. The molecule has 4 rings (SSSR count). The minimum Gasteiger partial charge on any atom is -0.454 e. The number of amides is 3. The Bertz CT molecular complexity index is 689. The number of hydrogen-bond acceptors (Lipinski definition) is 5. The quantitative estimate of drug-likeness (QED) is 0.816. The van der Waals surface area contributed by atoms with Gasteiger partial charge in [-0.05, 0) is 30.5 Å². The molecule has 0 spiro atoms. The SMILES string of the molecule is O=C1NCCN1CCN(Cc1ccc2c(c1)OCO2)C(=O)C1CCCO1. The van der Waals surface area contributed by atoms with Crippen LogP contribution in [0.5, 0.6) is 11.5 Å². The predicted molar refractivity (Wildman–Crippen MR) is 91.9 cm³/mol. The fourth-order valence-electron chi connectivity index (χ4n) is 3.47. The summed E-state index contributed by atoms with van der Waals surface area (Å²) >= 11 is 0. The summed E-state index contributed by atoms with van der Waals surface area (Å²) in [6.07, 6.45) is 1.28. The topological polar surface area (TPSA) is 80.3 Å². The minimum absolute atomic E-state index is 0.0141. The van der Waals surface area contributed by atoms with Gasteiger partial charge in [-0.1, -0.05) is 6.07 Å². The first kappa shape index (κ1) is 17.0. The second-order valence-electron chi connectivity index (χ2n) is 6.67. The monoisotopic (exact) mass is 361 g/mol. The number of urea groups is 1. The Labute approximate surface area is 152 Å². The van der Waals surface area contributed by atoms with E-state index in [4.69, 9.17) is 14.2 Å². The molecule has 2 fully saturated rings. The van der Waals surface area contributed by atoms with Crippen molar-refractivity contribution in [3.63, 3.8) is 0 Å². The summed E-state index contributed by atoms with van der Waals surface area (Å²) in [5, 5.41) is 2.78. The highest BCUT2D eigenvalue weighted by Crippen LogP contribution is 2.33. The molecule has 3 amide bonds. The number of benzene rings is 1. The molecule has 8 heteroatoms. The maximum Gasteiger partial charge on any atom is 0.317 e. The van der Waals surface area contributed by atoms with Crippen molar-refractivity contribution in [2.45, 2.75) is 25.5 Å². The van der Waals surface area contributed by atoms with Gasteiger partial charge in [-0.3, -0.25) is 4.79 Å². The van der Waals surface area contributed by atoms with Gasteiger partial charge < -0.3 is 29.3 Å². The van der Waals surface area contributed by atoms with Crippen LogP contribution in [0.25, 0.3) is 0 Å². The zero-order valence-corrected chi connectivity index (χ0v) is 14.6. The van der Waals surface area contributed by atoms with Gasteiger partial charge in [0.1, 0.15) is 6.10 Å². The molecule has 1 N–H and O–H groups in total. The van der Waals surface area contributed by atoms with Gasteiger partial charge in [0.25, 0.3) is 5.91 Å². The van der Waals surface area contributed by atoms with E-state index in [1.54, 1.807) is 9.80 Å². The number of fused-ring (bicyclic) bond motifs is 1. The highest BCUT2D eigenvalue weighted by atomic mass is 16.7. The van der Waals surface area contributed by atoms with Gasteiger partial charge in [0, 0.05) is 39.3 Å². The standard InChI is InChI=1S/C18H23N3O5/c22-17(15-2-1-9-24-15)21(8-7-20-6-5-19-18(20)23)11-13-3-4-14-16(10-13)26-12-25-14/h3-4,10,15H,1-2,5-9,11-12H2,(H,19,23). The average Bonchev–Trinajstić information content (AvgIpc) is 3.39. The van der Waals surface area contributed by atoms with Gasteiger partial charge >= 0.3 is 6.03 Å². The largest absolute Gasteiger partial charge is 0.454 e. The number of nitrogens with zero attached hydrogens (tertiary/aromatic N) is 2. The summed E-state index contributed by atoms with van der Waals surface area (Å²) in [5.41, 5.74) is 0.964. The third-order valence-corrected chi connectivity index (χ3v) is 4.91. The second kappa shape index (κ2) is 7.41. The van der Waals surface area contributed by atoms with Gasteiger partial charge in [-0.25, -0.2) is 4.79 Å². The van der Waals surface area contributed by atoms with Crippen LogP contribution < -0.4 is 14.8 Å². The van der Waals surface area contributed by atoms with Gasteiger partial charge in [0.05, 0.1) is 0 Å². The molecular formula is C18H23N3O5. The lowest BCUT2D eigenvalue weighted by Gasteiger charge is -2.27. The molecule has 3 aliphatic rings. The summed E-state index contributed by atoms with van der Waals surface area (Å²) in [4.78, 5) is 28.2. The molecule has 0 aliphatic carbocycles. The van der Waals surface area contributed by atoms with Gasteiger partial charge in [0.15, 0.2) is 11.5 Å². The van der Waals surface area contributed by atoms with Crippen molar-refractivity contribution < 1.29 is 23.8 Å². The number of hydrogen-bond donors (Lipinski definition) is 1. The summed E-state index contributed by atoms with van der Waals surface area (Å²) in [6, 6.07) is 5.63. The van der Waals surface area contributed by atoms with Crippen molar-refractivity contribution >= 4 is 11.9 Å². The summed E-state index contributed by atoms with van der Waals surface area (Å²) < 4.78 is 16.3. The molecular weight excluding hydrogens is 338 g/mol. The van der Waals surface area contributed by atoms with Crippen LogP contribution in [0, 0.1) is 0 Å². The first-order valence-corrected chi connectivity index (χ1v) is 9.02. The molecule has 140 valence electrons. The molecule has 1 aromatic carbocycles. The molecule has 0 radical (unpaired) electrons. The van der Waals surface area contributed by atoms with Gasteiger partial charge in [0.2, 0.25) is 6.79 Å². The Hall–Kier alpha value is -2.48. The lowest BCUT2D eigenvalue weighted by molar-refractivity contribution is -0.141. The molecule has 8 nitrogen and oxygen atoms in total. The molecule has 2 saturated heterocycles. The van der Waals surface area contributed by atoms with E-state index in [1.807, 2.05) is 18.2 Å². The predicted octanol–water partition coefficient (Wildman–Crippen LogP) is 0.948. The molecule has 1 unspecified atom stereocenters. The maximum atomic E-state index is 12.9. The maximum absolute atomic E-state index is 12.9. The summed E-state index contributed by atoms with van der Waals surface area (Å²) in [6.45, 7) is 3.61. The van der Waals surface area contributed by atoms with Crippen LogP contribution in [0.2, 0.25) is 0 Å². The van der Waals surface area contributed by atoms with Crippen molar-refractivity contribution in [1.29, 1.82) is 0 Å². The Morgan fingerprint density at radius 3 is 2.96 bits per heavy atom. The van der Waals surface area contributed by atoms with E-state index in [0.717, 1.165) is 24.2 Å². The second-order valence-corrected chi connectivity index (χ2v) is 6.67. The Balaban J connectivity index is 1.45. The Morgan fingerprint density at radius 1 is 1.31 bits per heavy atom. The van der Waals surface area contributed by atoms with Crippen molar-refractivity contribution in [2.24, 2.45) is 0 Å². The first-order valence-electron chi connectivity index (χ1n) is 9.02. The summed E-state index contributed by atoms with van der Waals surface area (Å²) in [5.74, 6) is 1.41. The highest BCUT2D eigenvalue weighted by Gasteiger charge is 2.29. The Kier molecular flexibility index (Phi) is 4.83. The fourth-order valence-corrected chi connectivity index (χ4v) is 3.47. The first-order chi connectivity index (χ1) is 12.7. The molecule has 0 bridgehead atoms. The summed E-state index contributed by atoms with van der Waals surface area (Å²) in [7, 11) is 0. The van der Waals surface area contributed by atoms with Crippen LogP contribution in [0.3, 0.4) is 0 Å². The number of carbonyl (C=O) groups is 2. The van der Waals surface area contributed by atoms with Crippen LogP contribution in [-0.2, 0) is 16.1 Å². The Morgan fingerprint density at radius 2 is 2.19 bits per heavy atom. The molecule has 1 atom stereocenters. The van der Waals surface area contributed by atoms with Crippen molar-refractivity contribution in [2.75, 3.05) is 39.6 Å². The van der Waals surface area contributed by atoms with Crippen LogP contribution in [0.4, 0.5) is 4.79 Å². The van der Waals surface area contributed by atoms with E-state index in [1.165, 1.54) is 0 Å². The molecule has 3 aliphatic heterocycles. The van der Waals surface area contributed by atoms with E-state index in [-0.39, 0.29) is 24.8 Å².